The highest BCUT2D eigenvalue weighted by atomic mass is 32.2. The Bertz CT molecular complexity index is 1770. The number of hydrogen-bond donors (Lipinski definition) is 0. The van der Waals surface area contributed by atoms with Gasteiger partial charge in [0.15, 0.2) is 0 Å². The summed E-state index contributed by atoms with van der Waals surface area (Å²) in [6.45, 7) is 0. The SMILES string of the molecule is COc1cc2ccn(C(=O)C(F)(F)F)c2cc1SC.COc1ccc([N+](=O)[O-])cc1SC.[B]B([B])B([B])B(B(B([B])[B])B([B])[B])B(B(B([B])[B])B([B])[B])B(B([B])[B])B([B])[B]. The summed E-state index contributed by atoms with van der Waals surface area (Å²) < 4.78 is 48.2. The van der Waals surface area contributed by atoms with Gasteiger partial charge < -0.3 is 9.47 Å². The van der Waals surface area contributed by atoms with Crippen LogP contribution in [0.25, 0.3) is 10.9 Å². The standard InChI is InChI=1S/C12H10F3NO2S.C8H9NO3S.B28/c1-18-9-5-7-3-4-16(11(17)12(13,14)15)8(7)6-10(9)19-2;1-12-7-4-3-6(9(10)11)5-8(7)13-2;1-16(2)23(15)27(24(17(3)4)18(5)6)28(25(19(7)8)20(9)10)26(21(11)12)22(13)14/h3-6H,1-2H3;3-5H,1-2H3;. The zero-order valence-corrected chi connectivity index (χ0v) is 35.2. The Balaban J connectivity index is 0.000000482. The van der Waals surface area contributed by atoms with Crippen molar-refractivity contribution in [2.24, 2.45) is 0 Å². The van der Waals surface area contributed by atoms with E-state index in [9.17, 15) is 28.1 Å². The molecule has 1 heterocycles. The molecule has 0 unspecified atom stereocenters. The Hall–Kier alpha value is -1.04. The van der Waals surface area contributed by atoms with Crippen LogP contribution in [0, 0.1) is 10.1 Å². The van der Waals surface area contributed by atoms with Crippen LogP contribution in [-0.4, -0.2) is 247 Å². The molecule has 0 atom stereocenters. The van der Waals surface area contributed by atoms with E-state index in [0.717, 1.165) is 11.1 Å². The first kappa shape index (κ1) is 57.0. The number of halogens is 3. The lowest BCUT2D eigenvalue weighted by Gasteiger charge is -2.49. The minimum Gasteiger partial charge on any atom is -0.496 e. The molecule has 0 aliphatic carbocycles. The Kier molecular flexibility index (Phi) is 24.7. The molecule has 60 heavy (non-hydrogen) atoms. The molecule has 0 spiro atoms. The molecule has 2 aromatic carbocycles. The number of nitro groups is 1. The smallest absolute Gasteiger partial charge is 0.472 e. The molecule has 1 aromatic heterocycles. The predicted octanol–water partition coefficient (Wildman–Crippen LogP) is -4.76. The van der Waals surface area contributed by atoms with Crippen molar-refractivity contribution in [3.8, 4) is 11.5 Å². The third kappa shape index (κ3) is 15.6. The zero-order valence-electron chi connectivity index (χ0n) is 33.6. The third-order valence-electron chi connectivity index (χ3n) is 9.57. The summed E-state index contributed by atoms with van der Waals surface area (Å²) >= 11 is 2.76. The average Bonchev–Trinajstić information content (AvgIpc) is 3.56. The number of aromatic nitrogens is 1. The molecular formula is C20H19B28F3N2O5S2. The fourth-order valence-electron chi connectivity index (χ4n) is 6.82. The number of rotatable bonds is 17. The molecule has 256 valence electrons. The summed E-state index contributed by atoms with van der Waals surface area (Å²) in [5.41, 5.74) is 0.303. The van der Waals surface area contributed by atoms with Gasteiger partial charge in [-0.05, 0) is 36.8 Å². The van der Waals surface area contributed by atoms with Crippen molar-refractivity contribution >= 4 is 245 Å². The van der Waals surface area contributed by atoms with Gasteiger partial charge in [-0.1, -0.05) is 0 Å². The Morgan fingerprint density at radius 1 is 0.633 bits per heavy atom. The molecule has 0 saturated heterocycles. The lowest BCUT2D eigenvalue weighted by atomic mass is 8.32. The first-order valence-corrected chi connectivity index (χ1v) is 20.2. The Morgan fingerprint density at radius 2 is 1.05 bits per heavy atom. The molecule has 0 aliphatic heterocycles. The van der Waals surface area contributed by atoms with E-state index in [-0.39, 0.29) is 11.2 Å². The topological polar surface area (TPSA) is 83.6 Å². The fourth-order valence-corrected chi connectivity index (χ4v) is 7.98. The lowest BCUT2D eigenvalue weighted by molar-refractivity contribution is -0.385. The zero-order chi connectivity index (χ0) is 46.6. The van der Waals surface area contributed by atoms with Gasteiger partial charge in [-0.15, -0.1) is 23.5 Å². The van der Waals surface area contributed by atoms with Crippen LogP contribution in [0.3, 0.4) is 0 Å². The number of fused-ring (bicyclic) bond motifs is 1. The maximum absolute atomic E-state index is 12.5. The molecule has 40 heteroatoms. The minimum absolute atomic E-state index is 0.0881. The number of nitro benzene ring substituents is 1. The van der Waals surface area contributed by atoms with Gasteiger partial charge in [-0.2, -0.15) is 13.2 Å². The number of alkyl halides is 3. The van der Waals surface area contributed by atoms with E-state index in [1.807, 2.05) is 6.26 Å². The molecule has 0 N–H and O–H groups in total. The quantitative estimate of drug-likeness (QED) is 0.0589. The summed E-state index contributed by atoms with van der Waals surface area (Å²) in [7, 11) is 92.6. The van der Waals surface area contributed by atoms with Crippen molar-refractivity contribution < 1.29 is 32.4 Å². The molecule has 0 aliphatic rings. The average molecular weight is 791 g/mol. The van der Waals surface area contributed by atoms with Gasteiger partial charge in [0.2, 0.25) is 0 Å². The summed E-state index contributed by atoms with van der Waals surface area (Å²) in [5.74, 6) is -0.671. The normalized spacial score (nSPS) is 10.2. The van der Waals surface area contributed by atoms with Gasteiger partial charge in [0.25, 0.3) is 5.69 Å². The maximum Gasteiger partial charge on any atom is 0.472 e. The van der Waals surface area contributed by atoms with Crippen molar-refractivity contribution in [2.75, 3.05) is 26.7 Å². The minimum atomic E-state index is -4.90. The van der Waals surface area contributed by atoms with Crippen molar-refractivity contribution in [1.29, 1.82) is 0 Å². The predicted molar refractivity (Wildman–Crippen MR) is 279 cm³/mol. The van der Waals surface area contributed by atoms with Crippen LogP contribution in [-0.2, 0) is 0 Å². The maximum atomic E-state index is 12.5. The van der Waals surface area contributed by atoms with Gasteiger partial charge in [0, 0.05) is 223 Å². The largest absolute Gasteiger partial charge is 0.496 e. The Labute approximate surface area is 386 Å². The first-order chi connectivity index (χ1) is 27.7. The van der Waals surface area contributed by atoms with Crippen LogP contribution in [0.4, 0.5) is 18.9 Å². The van der Waals surface area contributed by atoms with Gasteiger partial charge in [-0.25, -0.2) is 0 Å². The first-order valence-electron chi connectivity index (χ1n) is 17.8. The van der Waals surface area contributed by atoms with Crippen molar-refractivity contribution in [3.63, 3.8) is 0 Å². The van der Waals surface area contributed by atoms with Crippen LogP contribution in [0.5, 0.6) is 11.5 Å². The highest BCUT2D eigenvalue weighted by molar-refractivity contribution is 8.26. The third-order valence-corrected chi connectivity index (χ3v) is 11.1. The fraction of sp³-hybridized carbons (Fsp3) is 0.250. The molecule has 3 aromatic rings. The Morgan fingerprint density at radius 3 is 1.40 bits per heavy atom. The second kappa shape index (κ2) is 26.1. The van der Waals surface area contributed by atoms with Gasteiger partial charge >= 0.3 is 12.1 Å². The van der Waals surface area contributed by atoms with Crippen LogP contribution in [0.2, 0.25) is 0 Å². The number of nitrogens with zero attached hydrogens (tertiary/aromatic N) is 2. The van der Waals surface area contributed by atoms with Crippen molar-refractivity contribution in [2.45, 2.75) is 16.0 Å². The molecule has 7 nitrogen and oxygen atoms in total. The number of carbonyl (C=O) groups is 1. The van der Waals surface area contributed by atoms with Gasteiger partial charge in [-0.3, -0.25) is 19.5 Å². The second-order valence-electron chi connectivity index (χ2n) is 13.6. The molecule has 0 bridgehead atoms. The van der Waals surface area contributed by atoms with Gasteiger partial charge in [0.05, 0.1) is 34.5 Å². The van der Waals surface area contributed by atoms with Crippen LogP contribution < -0.4 is 9.47 Å². The van der Waals surface area contributed by atoms with E-state index in [1.54, 1.807) is 25.5 Å². The van der Waals surface area contributed by atoms with Gasteiger partial charge in [0.1, 0.15) is 11.5 Å². The molecule has 30 radical (unpaired) electrons. The molecule has 0 fully saturated rings. The molecule has 3 rings (SSSR count). The number of ether oxygens (including phenoxy) is 2. The molecule has 0 saturated carbocycles. The summed E-state index contributed by atoms with van der Waals surface area (Å²) in [5, 5.41) is 10.9. The van der Waals surface area contributed by atoms with Crippen LogP contribution >= 0.6 is 23.5 Å². The number of benzene rings is 2. The lowest BCUT2D eigenvalue weighted by Crippen LogP contribution is -2.87. The van der Waals surface area contributed by atoms with E-state index in [0.29, 0.717) is 26.3 Å². The van der Waals surface area contributed by atoms with E-state index < -0.39 is 100 Å². The van der Waals surface area contributed by atoms with Crippen LogP contribution in [0.1, 0.15) is 4.79 Å². The number of thioether (sulfide) groups is 2. The number of non-ortho nitro benzene ring substituents is 1. The van der Waals surface area contributed by atoms with Crippen molar-refractivity contribution in [1.82, 2.24) is 4.57 Å². The number of carbonyl (C=O) groups excluding carboxylic acids is 1. The van der Waals surface area contributed by atoms with Crippen molar-refractivity contribution in [3.05, 3.63) is 52.7 Å². The number of hydrogen-bond acceptors (Lipinski definition) is 7. The highest BCUT2D eigenvalue weighted by Crippen LogP contribution is 2.34. The molecule has 0 amide bonds. The van der Waals surface area contributed by atoms with E-state index in [1.165, 1.54) is 54.9 Å². The summed E-state index contributed by atoms with van der Waals surface area (Å²) in [4.78, 5) is 22.7. The van der Waals surface area contributed by atoms with Crippen LogP contribution in [0.15, 0.2) is 52.4 Å². The summed E-state index contributed by atoms with van der Waals surface area (Å²) in [6, 6.07) is 9.11. The van der Waals surface area contributed by atoms with E-state index in [4.69, 9.17) is 126 Å². The summed E-state index contributed by atoms with van der Waals surface area (Å²) in [6.07, 6.45) is -12.4. The van der Waals surface area contributed by atoms with E-state index >= 15 is 0 Å². The highest BCUT2D eigenvalue weighted by Gasteiger charge is 2.51. The number of methoxy groups -OCH3 is 2. The second-order valence-corrected chi connectivity index (χ2v) is 15.3. The monoisotopic (exact) mass is 796 g/mol. The van der Waals surface area contributed by atoms with E-state index in [2.05, 4.69) is 0 Å². The molecular weight excluding hydrogens is 772 g/mol.